The van der Waals surface area contributed by atoms with Crippen LogP contribution in [0.1, 0.15) is 18.2 Å². The molecule has 0 unspecified atom stereocenters. The largest absolute Gasteiger partial charge is 0.481 e. The lowest BCUT2D eigenvalue weighted by atomic mass is 10.1. The Bertz CT molecular complexity index is 505. The second-order valence-electron chi connectivity index (χ2n) is 3.84. The van der Waals surface area contributed by atoms with E-state index in [2.05, 4.69) is 0 Å². The van der Waals surface area contributed by atoms with E-state index in [-0.39, 0.29) is 6.42 Å². The van der Waals surface area contributed by atoms with Crippen molar-refractivity contribution in [1.29, 1.82) is 0 Å². The number of carboxylic acid groups (broad SMARTS) is 1. The van der Waals surface area contributed by atoms with Gasteiger partial charge in [-0.2, -0.15) is 0 Å². The Labute approximate surface area is 99.3 Å². The lowest BCUT2D eigenvalue weighted by Gasteiger charge is -2.14. The third-order valence-electron chi connectivity index (χ3n) is 2.59. The number of hydrogen-bond donors (Lipinski definition) is 2. The molecule has 0 radical (unpaired) electrons. The molecule has 0 amide bonds. The number of hydrogen-bond acceptors (Lipinski definition) is 2. The zero-order valence-electron chi connectivity index (χ0n) is 9.28. The van der Waals surface area contributed by atoms with E-state index in [0.717, 1.165) is 11.4 Å². The summed E-state index contributed by atoms with van der Waals surface area (Å²) in [6.07, 6.45) is 1.81. The van der Waals surface area contributed by atoms with Crippen LogP contribution in [-0.4, -0.2) is 15.6 Å². The van der Waals surface area contributed by atoms with Gasteiger partial charge >= 0.3 is 5.97 Å². The first-order chi connectivity index (χ1) is 8.18. The molecular formula is C13H14N2O2. The Morgan fingerprint density at radius 2 is 1.94 bits per heavy atom. The van der Waals surface area contributed by atoms with Crippen molar-refractivity contribution in [2.45, 2.75) is 12.5 Å². The predicted molar refractivity (Wildman–Crippen MR) is 65.0 cm³/mol. The molecule has 0 saturated heterocycles. The highest BCUT2D eigenvalue weighted by atomic mass is 16.4. The highest BCUT2D eigenvalue weighted by molar-refractivity contribution is 5.67. The van der Waals surface area contributed by atoms with Crippen LogP contribution in [0.2, 0.25) is 0 Å². The Morgan fingerprint density at radius 1 is 1.24 bits per heavy atom. The summed E-state index contributed by atoms with van der Waals surface area (Å²) in [4.78, 5) is 10.7. The topological polar surface area (TPSA) is 68.2 Å². The minimum Gasteiger partial charge on any atom is -0.481 e. The van der Waals surface area contributed by atoms with Crippen LogP contribution in [0.4, 0.5) is 0 Å². The minimum atomic E-state index is -0.890. The molecule has 0 aliphatic carbocycles. The normalized spacial score (nSPS) is 12.3. The van der Waals surface area contributed by atoms with Gasteiger partial charge < -0.3 is 15.4 Å². The third kappa shape index (κ3) is 2.54. The van der Waals surface area contributed by atoms with Gasteiger partial charge in [0, 0.05) is 17.6 Å². The fourth-order valence-electron chi connectivity index (χ4n) is 1.81. The summed E-state index contributed by atoms with van der Waals surface area (Å²) >= 11 is 0. The standard InChI is InChI=1S/C13H14N2O2/c14-11(9-13(16)17)12-7-4-8-15(12)10-5-2-1-3-6-10/h1-8,11H,9,14H2,(H,16,17)/t11-/m0/s1. The lowest BCUT2D eigenvalue weighted by Crippen LogP contribution is -2.18. The van der Waals surface area contributed by atoms with Gasteiger partial charge in [-0.15, -0.1) is 0 Å². The number of benzene rings is 1. The Hall–Kier alpha value is -2.07. The third-order valence-corrected chi connectivity index (χ3v) is 2.59. The van der Waals surface area contributed by atoms with Crippen LogP contribution in [-0.2, 0) is 4.79 Å². The monoisotopic (exact) mass is 230 g/mol. The van der Waals surface area contributed by atoms with Crippen molar-refractivity contribution in [2.24, 2.45) is 5.73 Å². The number of aliphatic carboxylic acids is 1. The summed E-state index contributed by atoms with van der Waals surface area (Å²) in [5.41, 5.74) is 7.66. The average molecular weight is 230 g/mol. The molecule has 0 fully saturated rings. The van der Waals surface area contributed by atoms with Crippen LogP contribution < -0.4 is 5.73 Å². The molecular weight excluding hydrogens is 216 g/mol. The highest BCUT2D eigenvalue weighted by Gasteiger charge is 2.14. The van der Waals surface area contributed by atoms with Crippen LogP contribution in [0, 0.1) is 0 Å². The molecule has 0 saturated carbocycles. The Balaban J connectivity index is 2.32. The second kappa shape index (κ2) is 4.84. The zero-order valence-corrected chi connectivity index (χ0v) is 9.28. The van der Waals surface area contributed by atoms with Gasteiger partial charge in [-0.05, 0) is 24.3 Å². The first-order valence-corrected chi connectivity index (χ1v) is 5.38. The maximum atomic E-state index is 10.7. The van der Waals surface area contributed by atoms with E-state index in [0.29, 0.717) is 0 Å². The van der Waals surface area contributed by atoms with Crippen LogP contribution in [0.25, 0.3) is 5.69 Å². The average Bonchev–Trinajstić information content (AvgIpc) is 2.78. The first-order valence-electron chi connectivity index (χ1n) is 5.38. The number of nitrogens with zero attached hydrogens (tertiary/aromatic N) is 1. The van der Waals surface area contributed by atoms with Crippen LogP contribution in [0.5, 0.6) is 0 Å². The molecule has 1 heterocycles. The molecule has 4 nitrogen and oxygen atoms in total. The summed E-state index contributed by atoms with van der Waals surface area (Å²) in [5.74, 6) is -0.890. The lowest BCUT2D eigenvalue weighted by molar-refractivity contribution is -0.137. The summed E-state index contributed by atoms with van der Waals surface area (Å²) < 4.78 is 1.91. The Kier molecular flexibility index (Phi) is 3.25. The van der Waals surface area contributed by atoms with Crippen molar-refractivity contribution in [3.8, 4) is 5.69 Å². The molecule has 1 aromatic heterocycles. The van der Waals surface area contributed by atoms with Gasteiger partial charge in [0.15, 0.2) is 0 Å². The van der Waals surface area contributed by atoms with Crippen molar-refractivity contribution in [3.63, 3.8) is 0 Å². The van der Waals surface area contributed by atoms with Crippen LogP contribution >= 0.6 is 0 Å². The Morgan fingerprint density at radius 3 is 2.59 bits per heavy atom. The summed E-state index contributed by atoms with van der Waals surface area (Å²) in [7, 11) is 0. The zero-order chi connectivity index (χ0) is 12.3. The van der Waals surface area contributed by atoms with Crippen molar-refractivity contribution in [2.75, 3.05) is 0 Å². The van der Waals surface area contributed by atoms with Gasteiger partial charge in [0.2, 0.25) is 0 Å². The van der Waals surface area contributed by atoms with Crippen molar-refractivity contribution in [1.82, 2.24) is 4.57 Å². The minimum absolute atomic E-state index is 0.0726. The van der Waals surface area contributed by atoms with E-state index >= 15 is 0 Å². The highest BCUT2D eigenvalue weighted by Crippen LogP contribution is 2.19. The number of para-hydroxylation sites is 1. The van der Waals surface area contributed by atoms with E-state index in [1.54, 1.807) is 0 Å². The smallest absolute Gasteiger partial charge is 0.305 e. The number of carbonyl (C=O) groups is 1. The van der Waals surface area contributed by atoms with Gasteiger partial charge in [-0.3, -0.25) is 4.79 Å². The van der Waals surface area contributed by atoms with E-state index in [9.17, 15) is 4.79 Å². The number of rotatable bonds is 4. The molecule has 1 aromatic carbocycles. The molecule has 17 heavy (non-hydrogen) atoms. The first kappa shape index (κ1) is 11.4. The summed E-state index contributed by atoms with van der Waals surface area (Å²) in [6, 6.07) is 12.9. The molecule has 3 N–H and O–H groups in total. The molecule has 0 bridgehead atoms. The van der Waals surface area contributed by atoms with Crippen molar-refractivity contribution in [3.05, 3.63) is 54.4 Å². The maximum Gasteiger partial charge on any atom is 0.305 e. The van der Waals surface area contributed by atoms with Crippen LogP contribution in [0.3, 0.4) is 0 Å². The van der Waals surface area contributed by atoms with E-state index < -0.39 is 12.0 Å². The summed E-state index contributed by atoms with van der Waals surface area (Å²) in [6.45, 7) is 0. The molecule has 0 spiro atoms. The van der Waals surface area contributed by atoms with Gasteiger partial charge in [0.05, 0.1) is 12.5 Å². The second-order valence-corrected chi connectivity index (χ2v) is 3.84. The quantitative estimate of drug-likeness (QED) is 0.843. The number of nitrogens with two attached hydrogens (primary N) is 1. The molecule has 1 atom stereocenters. The molecule has 2 rings (SSSR count). The van der Waals surface area contributed by atoms with E-state index in [4.69, 9.17) is 10.8 Å². The molecule has 4 heteroatoms. The number of carboxylic acids is 1. The summed E-state index contributed by atoms with van der Waals surface area (Å²) in [5, 5.41) is 8.75. The van der Waals surface area contributed by atoms with Crippen molar-refractivity contribution >= 4 is 5.97 Å². The van der Waals surface area contributed by atoms with Crippen molar-refractivity contribution < 1.29 is 9.90 Å². The fraction of sp³-hybridized carbons (Fsp3) is 0.154. The number of aromatic nitrogens is 1. The van der Waals surface area contributed by atoms with Gasteiger partial charge in [-0.1, -0.05) is 18.2 Å². The fourth-order valence-corrected chi connectivity index (χ4v) is 1.81. The molecule has 0 aliphatic rings. The van der Waals surface area contributed by atoms with Gasteiger partial charge in [-0.25, -0.2) is 0 Å². The van der Waals surface area contributed by atoms with E-state index in [1.807, 2.05) is 53.2 Å². The maximum absolute atomic E-state index is 10.7. The molecule has 88 valence electrons. The van der Waals surface area contributed by atoms with E-state index in [1.165, 1.54) is 0 Å². The van der Waals surface area contributed by atoms with Crippen LogP contribution in [0.15, 0.2) is 48.7 Å². The molecule has 0 aliphatic heterocycles. The predicted octanol–water partition coefficient (Wildman–Crippen LogP) is 1.95. The van der Waals surface area contributed by atoms with Gasteiger partial charge in [0.25, 0.3) is 0 Å². The molecule has 2 aromatic rings. The van der Waals surface area contributed by atoms with Gasteiger partial charge in [0.1, 0.15) is 0 Å². The SMILES string of the molecule is N[C@@H](CC(=O)O)c1cccn1-c1ccccc1.